The van der Waals surface area contributed by atoms with Gasteiger partial charge in [0.15, 0.2) is 0 Å². The third kappa shape index (κ3) is 4.70. The molecule has 0 bridgehead atoms. The molecule has 120 valence electrons. The van der Waals surface area contributed by atoms with Crippen molar-refractivity contribution in [1.82, 2.24) is 15.5 Å². The van der Waals surface area contributed by atoms with E-state index in [1.165, 1.54) is 32.1 Å². The Kier molecular flexibility index (Phi) is 6.49. The van der Waals surface area contributed by atoms with Crippen LogP contribution in [0.25, 0.3) is 0 Å². The second-order valence-electron chi connectivity index (χ2n) is 6.17. The topological polar surface area (TPSA) is 54.2 Å². The molecule has 0 amide bonds. The molecule has 1 aromatic heterocycles. The summed E-state index contributed by atoms with van der Waals surface area (Å²) < 4.78 is 5.87. The quantitative estimate of drug-likeness (QED) is 0.833. The van der Waals surface area contributed by atoms with E-state index in [1.54, 1.807) is 0 Å². The number of hydrogen-bond acceptors (Lipinski definition) is 5. The zero-order valence-electron chi connectivity index (χ0n) is 13.8. The third-order valence-corrected chi connectivity index (χ3v) is 4.32. The zero-order valence-corrected chi connectivity index (χ0v) is 13.8. The molecule has 5 heteroatoms. The highest BCUT2D eigenvalue weighted by Gasteiger charge is 2.21. The van der Waals surface area contributed by atoms with E-state index in [4.69, 9.17) is 4.42 Å². The fraction of sp³-hybridized carbons (Fsp3) is 0.875. The highest BCUT2D eigenvalue weighted by atomic mass is 16.4. The molecule has 2 atom stereocenters. The first kappa shape index (κ1) is 16.3. The number of hydrogen-bond donors (Lipinski definition) is 1. The van der Waals surface area contributed by atoms with Gasteiger partial charge in [0.2, 0.25) is 5.89 Å². The molecule has 0 aliphatic carbocycles. The Morgan fingerprint density at radius 1 is 1.24 bits per heavy atom. The summed E-state index contributed by atoms with van der Waals surface area (Å²) in [5.74, 6) is 1.57. The van der Waals surface area contributed by atoms with Crippen LogP contribution in [0.1, 0.15) is 71.2 Å². The molecule has 0 radical (unpaired) electrons. The van der Waals surface area contributed by atoms with Crippen molar-refractivity contribution in [1.29, 1.82) is 0 Å². The maximum atomic E-state index is 5.87. The fourth-order valence-corrected chi connectivity index (χ4v) is 3.03. The van der Waals surface area contributed by atoms with E-state index in [-0.39, 0.29) is 6.04 Å². The number of rotatable bonds is 7. The number of nitrogens with one attached hydrogen (secondary N) is 1. The van der Waals surface area contributed by atoms with E-state index >= 15 is 0 Å². The highest BCUT2D eigenvalue weighted by Crippen LogP contribution is 2.25. The Labute approximate surface area is 128 Å². The molecule has 2 heterocycles. The van der Waals surface area contributed by atoms with Gasteiger partial charge in [-0.3, -0.25) is 0 Å². The lowest BCUT2D eigenvalue weighted by atomic mass is 9.96. The minimum Gasteiger partial charge on any atom is -0.406 e. The Morgan fingerprint density at radius 3 is 2.86 bits per heavy atom. The predicted molar refractivity (Wildman–Crippen MR) is 85.5 cm³/mol. The normalized spacial score (nSPS) is 21.3. The van der Waals surface area contributed by atoms with Crippen LogP contribution in [0.15, 0.2) is 4.42 Å². The lowest BCUT2D eigenvalue weighted by Gasteiger charge is -2.17. The van der Waals surface area contributed by atoms with Gasteiger partial charge in [-0.2, -0.15) is 0 Å². The van der Waals surface area contributed by atoms with Crippen molar-refractivity contribution in [2.24, 2.45) is 5.92 Å². The number of anilines is 1. The molecule has 1 aliphatic heterocycles. The Bertz CT molecular complexity index is 407. The van der Waals surface area contributed by atoms with Gasteiger partial charge in [-0.15, -0.1) is 5.10 Å². The van der Waals surface area contributed by atoms with Crippen LogP contribution in [-0.2, 0) is 0 Å². The van der Waals surface area contributed by atoms with Crippen molar-refractivity contribution in [2.75, 3.05) is 24.5 Å². The average Bonchev–Trinajstić information content (AvgIpc) is 2.87. The summed E-state index contributed by atoms with van der Waals surface area (Å²) >= 11 is 0. The summed E-state index contributed by atoms with van der Waals surface area (Å²) in [6.45, 7) is 9.57. The van der Waals surface area contributed by atoms with Crippen molar-refractivity contribution in [3.63, 3.8) is 0 Å². The smallest absolute Gasteiger partial charge is 0.318 e. The van der Waals surface area contributed by atoms with Gasteiger partial charge in [0.1, 0.15) is 0 Å². The number of nitrogens with zero attached hydrogens (tertiary/aromatic N) is 3. The maximum absolute atomic E-state index is 5.87. The molecular weight excluding hydrogens is 264 g/mol. The van der Waals surface area contributed by atoms with Crippen molar-refractivity contribution in [3.8, 4) is 0 Å². The van der Waals surface area contributed by atoms with Crippen LogP contribution in [0, 0.1) is 5.92 Å². The summed E-state index contributed by atoms with van der Waals surface area (Å²) in [6.07, 6.45) is 7.55. The van der Waals surface area contributed by atoms with Crippen molar-refractivity contribution in [2.45, 2.75) is 65.3 Å². The molecule has 0 saturated carbocycles. The number of aromatic nitrogens is 2. The average molecular weight is 294 g/mol. The molecule has 1 N–H and O–H groups in total. The first-order valence-electron chi connectivity index (χ1n) is 8.56. The first-order valence-corrected chi connectivity index (χ1v) is 8.56. The standard InChI is InChI=1S/C16H30N4O/c1-4-7-14-8-6-11-20(12-9-14)16-19-18-15(21-16)13(3)17-10-5-2/h13-14,17H,4-12H2,1-3H3. The van der Waals surface area contributed by atoms with E-state index in [2.05, 4.69) is 41.2 Å². The second kappa shape index (κ2) is 8.37. The lowest BCUT2D eigenvalue weighted by molar-refractivity contribution is 0.412. The summed E-state index contributed by atoms with van der Waals surface area (Å²) in [4.78, 5) is 2.26. The van der Waals surface area contributed by atoms with Crippen LogP contribution in [-0.4, -0.2) is 29.8 Å². The summed E-state index contributed by atoms with van der Waals surface area (Å²) in [7, 11) is 0. The molecular formula is C16H30N4O. The van der Waals surface area contributed by atoms with Gasteiger partial charge >= 0.3 is 6.01 Å². The molecule has 1 fully saturated rings. The lowest BCUT2D eigenvalue weighted by Crippen LogP contribution is -2.24. The monoisotopic (exact) mass is 294 g/mol. The van der Waals surface area contributed by atoms with E-state index in [1.807, 2.05) is 0 Å². The summed E-state index contributed by atoms with van der Waals surface area (Å²) in [6, 6.07) is 0.832. The molecule has 1 saturated heterocycles. The second-order valence-corrected chi connectivity index (χ2v) is 6.17. The van der Waals surface area contributed by atoms with E-state index in [0.717, 1.165) is 32.0 Å². The third-order valence-electron chi connectivity index (χ3n) is 4.32. The summed E-state index contributed by atoms with van der Waals surface area (Å²) in [5, 5.41) is 11.8. The molecule has 0 aromatic carbocycles. The van der Waals surface area contributed by atoms with Crippen LogP contribution in [0.4, 0.5) is 6.01 Å². The summed E-state index contributed by atoms with van der Waals surface area (Å²) in [5.41, 5.74) is 0. The first-order chi connectivity index (χ1) is 10.2. The minimum absolute atomic E-state index is 0.131. The van der Waals surface area contributed by atoms with Crippen molar-refractivity contribution in [3.05, 3.63) is 5.89 Å². The van der Waals surface area contributed by atoms with Gasteiger partial charge in [0, 0.05) is 13.1 Å². The molecule has 2 unspecified atom stereocenters. The van der Waals surface area contributed by atoms with Gasteiger partial charge in [-0.05, 0) is 45.1 Å². The van der Waals surface area contributed by atoms with Crippen molar-refractivity contribution < 1.29 is 4.42 Å². The fourth-order valence-electron chi connectivity index (χ4n) is 3.03. The van der Waals surface area contributed by atoms with Gasteiger partial charge in [-0.1, -0.05) is 31.8 Å². The minimum atomic E-state index is 0.131. The Morgan fingerprint density at radius 2 is 2.10 bits per heavy atom. The van der Waals surface area contributed by atoms with Crippen LogP contribution in [0.5, 0.6) is 0 Å². The molecule has 1 aromatic rings. The predicted octanol–water partition coefficient (Wildman–Crippen LogP) is 3.54. The zero-order chi connectivity index (χ0) is 15.1. The van der Waals surface area contributed by atoms with E-state index < -0.39 is 0 Å². The molecule has 2 rings (SSSR count). The largest absolute Gasteiger partial charge is 0.406 e. The molecule has 5 nitrogen and oxygen atoms in total. The van der Waals surface area contributed by atoms with Crippen LogP contribution < -0.4 is 10.2 Å². The highest BCUT2D eigenvalue weighted by molar-refractivity contribution is 5.24. The van der Waals surface area contributed by atoms with Gasteiger partial charge in [-0.25, -0.2) is 0 Å². The van der Waals surface area contributed by atoms with Crippen LogP contribution in [0.2, 0.25) is 0 Å². The van der Waals surface area contributed by atoms with Gasteiger partial charge < -0.3 is 14.6 Å². The van der Waals surface area contributed by atoms with Gasteiger partial charge in [0.25, 0.3) is 0 Å². The van der Waals surface area contributed by atoms with E-state index in [0.29, 0.717) is 11.9 Å². The Hall–Kier alpha value is -1.10. The van der Waals surface area contributed by atoms with Crippen LogP contribution >= 0.6 is 0 Å². The van der Waals surface area contributed by atoms with Crippen LogP contribution in [0.3, 0.4) is 0 Å². The molecule has 21 heavy (non-hydrogen) atoms. The van der Waals surface area contributed by atoms with Gasteiger partial charge in [0.05, 0.1) is 6.04 Å². The SMILES string of the molecule is CCCNC(C)c1nnc(N2CCCC(CCC)CC2)o1. The molecule has 0 spiro atoms. The molecule has 1 aliphatic rings. The maximum Gasteiger partial charge on any atom is 0.318 e. The van der Waals surface area contributed by atoms with E-state index in [9.17, 15) is 0 Å². The van der Waals surface area contributed by atoms with Crippen molar-refractivity contribution >= 4 is 6.01 Å². The Balaban J connectivity index is 1.91.